The number of nitrogens with zero attached hydrogens (tertiary/aromatic N) is 1. The van der Waals surface area contributed by atoms with Crippen LogP contribution in [0.2, 0.25) is 0 Å². The Bertz CT molecular complexity index is 461. The smallest absolute Gasteiger partial charge is 0.265 e. The van der Waals surface area contributed by atoms with E-state index in [4.69, 9.17) is 5.73 Å². The number of aromatic nitrogens is 1. The normalized spacial score (nSPS) is 10.1. The fraction of sp³-hybridized carbons (Fsp3) is 0.583. The Morgan fingerprint density at radius 2 is 1.90 bits per heavy atom. The van der Waals surface area contributed by atoms with Crippen LogP contribution in [0.4, 0.5) is 10.9 Å². The van der Waals surface area contributed by atoms with E-state index in [1.54, 1.807) is 0 Å². The highest BCUT2D eigenvalue weighted by Crippen LogP contribution is 2.24. The first-order chi connectivity index (χ1) is 9.58. The van der Waals surface area contributed by atoms with E-state index in [1.165, 1.54) is 11.3 Å². The maximum Gasteiger partial charge on any atom is 0.265 e. The van der Waals surface area contributed by atoms with Crippen LogP contribution in [0.25, 0.3) is 0 Å². The summed E-state index contributed by atoms with van der Waals surface area (Å²) in [5, 5.41) is 8.89. The molecule has 2 amide bonds. The van der Waals surface area contributed by atoms with Crippen molar-refractivity contribution < 1.29 is 9.59 Å². The summed E-state index contributed by atoms with van der Waals surface area (Å²) < 4.78 is 0. The fourth-order valence-electron chi connectivity index (χ4n) is 1.37. The number of rotatable bonds is 8. The molecular weight excluding hydrogens is 278 g/mol. The second kappa shape index (κ2) is 8.36. The van der Waals surface area contributed by atoms with E-state index in [0.29, 0.717) is 16.6 Å². The number of carbonyl (C=O) groups excluding carboxylic acids is 2. The predicted molar refractivity (Wildman–Crippen MR) is 80.9 cm³/mol. The van der Waals surface area contributed by atoms with Crippen LogP contribution in [0.1, 0.15) is 36.4 Å². The molecule has 5 N–H and O–H groups in total. The van der Waals surface area contributed by atoms with Crippen LogP contribution in [-0.2, 0) is 4.79 Å². The molecule has 0 radical (unpaired) electrons. The summed E-state index contributed by atoms with van der Waals surface area (Å²) in [5.41, 5.74) is 5.70. The summed E-state index contributed by atoms with van der Waals surface area (Å²) in [6.07, 6.45) is 1.81. The molecule has 0 saturated carbocycles. The van der Waals surface area contributed by atoms with Gasteiger partial charge in [-0.25, -0.2) is 4.98 Å². The number of anilines is 2. The highest BCUT2D eigenvalue weighted by Gasteiger charge is 2.16. The summed E-state index contributed by atoms with van der Waals surface area (Å²) in [7, 11) is 0. The minimum absolute atomic E-state index is 0.0616. The van der Waals surface area contributed by atoms with Crippen LogP contribution < -0.4 is 21.7 Å². The molecular formula is C12H21N5O2S. The first-order valence-corrected chi connectivity index (χ1v) is 7.45. The van der Waals surface area contributed by atoms with Crippen molar-refractivity contribution in [3.63, 3.8) is 0 Å². The highest BCUT2D eigenvalue weighted by molar-refractivity contribution is 7.18. The Kier molecular flexibility index (Phi) is 6.78. The largest absolute Gasteiger partial charge is 0.382 e. The van der Waals surface area contributed by atoms with Crippen molar-refractivity contribution in [3.05, 3.63) is 4.88 Å². The number of carbonyl (C=O) groups is 2. The summed E-state index contributed by atoms with van der Waals surface area (Å²) >= 11 is 1.19. The molecule has 0 fully saturated rings. The maximum atomic E-state index is 11.9. The molecule has 7 nitrogen and oxygen atoms in total. The lowest BCUT2D eigenvalue weighted by Crippen LogP contribution is -2.37. The zero-order valence-corrected chi connectivity index (χ0v) is 12.6. The standard InChI is InChI=1S/C12H21N5O2S/c1-3-5-14-8(18)7-16-11(19)9-10(13)17-12(20-9)15-6-4-2/h3-7,13H2,1-2H3,(H,14,18)(H,15,17)(H,16,19). The van der Waals surface area contributed by atoms with E-state index in [-0.39, 0.29) is 24.2 Å². The number of nitrogens with two attached hydrogens (primary N) is 1. The van der Waals surface area contributed by atoms with Crippen LogP contribution in [0.5, 0.6) is 0 Å². The third-order valence-corrected chi connectivity index (χ3v) is 3.40. The number of hydrogen-bond donors (Lipinski definition) is 4. The van der Waals surface area contributed by atoms with Crippen LogP contribution in [0, 0.1) is 0 Å². The van der Waals surface area contributed by atoms with Crippen LogP contribution in [-0.4, -0.2) is 36.4 Å². The van der Waals surface area contributed by atoms with Crippen molar-refractivity contribution in [2.24, 2.45) is 0 Å². The van der Waals surface area contributed by atoms with Crippen molar-refractivity contribution in [2.45, 2.75) is 26.7 Å². The van der Waals surface area contributed by atoms with Crippen molar-refractivity contribution in [3.8, 4) is 0 Å². The molecule has 0 aliphatic carbocycles. The average molecular weight is 299 g/mol. The van der Waals surface area contributed by atoms with Gasteiger partial charge in [0.15, 0.2) is 5.13 Å². The number of thiazole rings is 1. The molecule has 0 spiro atoms. The van der Waals surface area contributed by atoms with E-state index < -0.39 is 0 Å². The second-order valence-corrected chi connectivity index (χ2v) is 5.19. The first-order valence-electron chi connectivity index (χ1n) is 6.63. The van der Waals surface area contributed by atoms with Crippen LogP contribution in [0.15, 0.2) is 0 Å². The Hall–Kier alpha value is -1.83. The first kappa shape index (κ1) is 16.2. The zero-order chi connectivity index (χ0) is 15.0. The van der Waals surface area contributed by atoms with Gasteiger partial charge in [-0.3, -0.25) is 9.59 Å². The number of nitrogen functional groups attached to an aromatic ring is 1. The lowest BCUT2D eigenvalue weighted by Gasteiger charge is -2.04. The highest BCUT2D eigenvalue weighted by atomic mass is 32.1. The molecule has 1 rings (SSSR count). The van der Waals surface area contributed by atoms with Crippen molar-refractivity contribution in [1.82, 2.24) is 15.6 Å². The van der Waals surface area contributed by atoms with Gasteiger partial charge in [-0.15, -0.1) is 0 Å². The third kappa shape index (κ3) is 5.04. The zero-order valence-electron chi connectivity index (χ0n) is 11.8. The van der Waals surface area contributed by atoms with Gasteiger partial charge < -0.3 is 21.7 Å². The molecule has 0 aromatic carbocycles. The topological polar surface area (TPSA) is 109 Å². The molecule has 0 aliphatic heterocycles. The molecule has 8 heteroatoms. The Balaban J connectivity index is 2.50. The molecule has 0 bridgehead atoms. The quantitative estimate of drug-likeness (QED) is 0.568. The summed E-state index contributed by atoms with van der Waals surface area (Å²) in [6.45, 7) is 5.30. The minimum atomic E-state index is -0.379. The second-order valence-electron chi connectivity index (χ2n) is 4.19. The fourth-order valence-corrected chi connectivity index (χ4v) is 2.20. The summed E-state index contributed by atoms with van der Waals surface area (Å²) in [6, 6.07) is 0. The van der Waals surface area contributed by atoms with E-state index in [1.807, 2.05) is 13.8 Å². The SMILES string of the molecule is CCCNC(=O)CNC(=O)c1sc(NCCC)nc1N. The lowest BCUT2D eigenvalue weighted by atomic mass is 10.4. The van der Waals surface area contributed by atoms with E-state index in [2.05, 4.69) is 20.9 Å². The molecule has 0 unspecified atom stereocenters. The van der Waals surface area contributed by atoms with Crippen molar-refractivity contribution in [1.29, 1.82) is 0 Å². The van der Waals surface area contributed by atoms with E-state index >= 15 is 0 Å². The summed E-state index contributed by atoms with van der Waals surface area (Å²) in [4.78, 5) is 27.7. The predicted octanol–water partition coefficient (Wildman–Crippen LogP) is 0.803. The summed E-state index contributed by atoms with van der Waals surface area (Å²) in [5.74, 6) is -0.413. The average Bonchev–Trinajstić information content (AvgIpc) is 2.81. The lowest BCUT2D eigenvalue weighted by molar-refractivity contribution is -0.120. The van der Waals surface area contributed by atoms with Crippen molar-refractivity contribution >= 4 is 34.1 Å². The molecule has 1 aromatic rings. The molecule has 112 valence electrons. The molecule has 0 atom stereocenters. The van der Waals surface area contributed by atoms with Gasteiger partial charge in [-0.1, -0.05) is 25.2 Å². The van der Waals surface area contributed by atoms with E-state index in [9.17, 15) is 9.59 Å². The van der Waals surface area contributed by atoms with Crippen LogP contribution in [0.3, 0.4) is 0 Å². The molecule has 1 heterocycles. The van der Waals surface area contributed by atoms with Crippen LogP contribution >= 0.6 is 11.3 Å². The van der Waals surface area contributed by atoms with Gasteiger partial charge in [0.05, 0.1) is 6.54 Å². The van der Waals surface area contributed by atoms with Gasteiger partial charge in [0.2, 0.25) is 5.91 Å². The Morgan fingerprint density at radius 3 is 2.55 bits per heavy atom. The molecule has 0 aliphatic rings. The number of amides is 2. The number of hydrogen-bond acceptors (Lipinski definition) is 6. The monoisotopic (exact) mass is 299 g/mol. The number of nitrogens with one attached hydrogen (secondary N) is 3. The Labute approximate surface area is 122 Å². The maximum absolute atomic E-state index is 11.9. The molecule has 20 heavy (non-hydrogen) atoms. The minimum Gasteiger partial charge on any atom is -0.382 e. The van der Waals surface area contributed by atoms with Gasteiger partial charge >= 0.3 is 0 Å². The Morgan fingerprint density at radius 1 is 1.20 bits per heavy atom. The van der Waals surface area contributed by atoms with Crippen molar-refractivity contribution in [2.75, 3.05) is 30.7 Å². The molecule has 0 saturated heterocycles. The van der Waals surface area contributed by atoms with Gasteiger partial charge in [-0.05, 0) is 12.8 Å². The molecule has 1 aromatic heterocycles. The van der Waals surface area contributed by atoms with Gasteiger partial charge in [0.1, 0.15) is 10.7 Å². The van der Waals surface area contributed by atoms with Gasteiger partial charge in [0, 0.05) is 13.1 Å². The third-order valence-electron chi connectivity index (χ3n) is 2.37. The van der Waals surface area contributed by atoms with Gasteiger partial charge in [0.25, 0.3) is 5.91 Å². The van der Waals surface area contributed by atoms with E-state index in [0.717, 1.165) is 19.4 Å². The van der Waals surface area contributed by atoms with Gasteiger partial charge in [-0.2, -0.15) is 0 Å².